The summed E-state index contributed by atoms with van der Waals surface area (Å²) in [5, 5.41) is 15.0. The van der Waals surface area contributed by atoms with Gasteiger partial charge in [0.05, 0.1) is 15.2 Å². The Hall–Kier alpha value is -2.33. The van der Waals surface area contributed by atoms with E-state index in [0.29, 0.717) is 0 Å². The van der Waals surface area contributed by atoms with E-state index < -0.39 is 14.9 Å². The van der Waals surface area contributed by atoms with Crippen LogP contribution in [0.25, 0.3) is 11.0 Å². The van der Waals surface area contributed by atoms with Crippen molar-refractivity contribution in [3.05, 3.63) is 56.8 Å². The number of nitrogens with zero attached hydrogens (tertiary/aromatic N) is 4. The highest BCUT2D eigenvalue weighted by Gasteiger charge is 2.24. The SMILES string of the molecule is Cc1ccc(S(=O)(=O)n2nc(Br)c3cc([N+](=O)[O-])cnc32)cc1. The van der Waals surface area contributed by atoms with Gasteiger partial charge in [-0.15, -0.1) is 9.19 Å². The Morgan fingerprint density at radius 1 is 1.26 bits per heavy atom. The van der Waals surface area contributed by atoms with E-state index >= 15 is 0 Å². The smallest absolute Gasteiger partial charge is 0.258 e. The maximum atomic E-state index is 12.7. The van der Waals surface area contributed by atoms with E-state index in [4.69, 9.17) is 0 Å². The molecule has 0 spiro atoms. The largest absolute Gasteiger partial charge is 0.288 e. The van der Waals surface area contributed by atoms with Crippen LogP contribution in [-0.4, -0.2) is 27.5 Å². The highest BCUT2D eigenvalue weighted by Crippen LogP contribution is 2.28. The molecule has 8 nitrogen and oxygen atoms in total. The molecule has 118 valence electrons. The van der Waals surface area contributed by atoms with E-state index in [2.05, 4.69) is 26.0 Å². The van der Waals surface area contributed by atoms with Gasteiger partial charge in [0.1, 0.15) is 10.8 Å². The van der Waals surface area contributed by atoms with Crippen molar-refractivity contribution in [2.45, 2.75) is 11.8 Å². The van der Waals surface area contributed by atoms with E-state index in [1.807, 2.05) is 6.92 Å². The summed E-state index contributed by atoms with van der Waals surface area (Å²) in [6.45, 7) is 1.84. The van der Waals surface area contributed by atoms with Crippen LogP contribution in [0.3, 0.4) is 0 Å². The third kappa shape index (κ3) is 2.59. The first-order valence-corrected chi connectivity index (χ1v) is 8.55. The molecule has 10 heteroatoms. The number of benzene rings is 1. The van der Waals surface area contributed by atoms with Crippen molar-refractivity contribution in [2.24, 2.45) is 0 Å². The summed E-state index contributed by atoms with van der Waals surface area (Å²) in [6, 6.07) is 7.51. The maximum Gasteiger partial charge on any atom is 0.288 e. The molecule has 0 saturated carbocycles. The second-order valence-corrected chi connectivity index (χ2v) is 7.29. The molecule has 3 aromatic rings. The highest BCUT2D eigenvalue weighted by molar-refractivity contribution is 9.10. The Morgan fingerprint density at radius 2 is 1.91 bits per heavy atom. The number of rotatable bonds is 3. The lowest BCUT2D eigenvalue weighted by molar-refractivity contribution is -0.385. The van der Waals surface area contributed by atoms with Crippen molar-refractivity contribution >= 4 is 42.7 Å². The minimum Gasteiger partial charge on any atom is -0.258 e. The highest BCUT2D eigenvalue weighted by atomic mass is 79.9. The van der Waals surface area contributed by atoms with Gasteiger partial charge in [-0.2, -0.15) is 8.42 Å². The monoisotopic (exact) mass is 396 g/mol. The van der Waals surface area contributed by atoms with Gasteiger partial charge in [0.15, 0.2) is 5.65 Å². The Kier molecular flexibility index (Phi) is 3.65. The fourth-order valence-electron chi connectivity index (χ4n) is 2.01. The summed E-state index contributed by atoms with van der Waals surface area (Å²) in [5.74, 6) is 0. The van der Waals surface area contributed by atoms with Gasteiger partial charge in [0.2, 0.25) is 0 Å². The van der Waals surface area contributed by atoms with Crippen LogP contribution in [0, 0.1) is 17.0 Å². The van der Waals surface area contributed by atoms with E-state index in [0.717, 1.165) is 15.8 Å². The fraction of sp³-hybridized carbons (Fsp3) is 0.0769. The molecule has 2 heterocycles. The molecule has 2 aromatic heterocycles. The molecule has 0 radical (unpaired) electrons. The molecule has 0 aliphatic rings. The van der Waals surface area contributed by atoms with E-state index in [1.54, 1.807) is 12.1 Å². The molecule has 0 aliphatic heterocycles. The van der Waals surface area contributed by atoms with Gasteiger partial charge in [0, 0.05) is 6.07 Å². The van der Waals surface area contributed by atoms with Gasteiger partial charge in [-0.1, -0.05) is 17.7 Å². The minimum atomic E-state index is -3.95. The zero-order valence-electron chi connectivity index (χ0n) is 11.7. The molecule has 0 atom stereocenters. The maximum absolute atomic E-state index is 12.7. The molecular formula is C13H9BrN4O4S. The van der Waals surface area contributed by atoms with Crippen LogP contribution >= 0.6 is 15.9 Å². The lowest BCUT2D eigenvalue weighted by atomic mass is 10.2. The number of hydrogen-bond donors (Lipinski definition) is 0. The first-order valence-electron chi connectivity index (χ1n) is 6.31. The second kappa shape index (κ2) is 5.39. The minimum absolute atomic E-state index is 0.0167. The van der Waals surface area contributed by atoms with Crippen LogP contribution in [-0.2, 0) is 10.0 Å². The molecule has 3 rings (SSSR count). The lowest BCUT2D eigenvalue weighted by Gasteiger charge is -2.05. The first-order chi connectivity index (χ1) is 10.8. The van der Waals surface area contributed by atoms with Crippen molar-refractivity contribution in [1.82, 2.24) is 14.2 Å². The van der Waals surface area contributed by atoms with Crippen molar-refractivity contribution in [2.75, 3.05) is 0 Å². The third-order valence-electron chi connectivity index (χ3n) is 3.19. The number of fused-ring (bicyclic) bond motifs is 1. The van der Waals surface area contributed by atoms with Crippen molar-refractivity contribution in [1.29, 1.82) is 0 Å². The molecule has 0 bridgehead atoms. The zero-order chi connectivity index (χ0) is 16.8. The normalized spacial score (nSPS) is 11.7. The quantitative estimate of drug-likeness (QED) is 0.497. The predicted octanol–water partition coefficient (Wildman–Crippen LogP) is 2.65. The standard InChI is InChI=1S/C13H9BrN4O4S/c1-8-2-4-10(5-3-8)23(21,22)17-13-11(12(14)16-17)6-9(7-15-13)18(19)20/h2-7H,1H3. The number of aromatic nitrogens is 3. The van der Waals surface area contributed by atoms with Gasteiger partial charge in [-0.3, -0.25) is 10.1 Å². The predicted molar refractivity (Wildman–Crippen MR) is 85.6 cm³/mol. The van der Waals surface area contributed by atoms with Crippen molar-refractivity contribution in [3.63, 3.8) is 0 Å². The number of hydrogen-bond acceptors (Lipinski definition) is 6. The fourth-order valence-corrected chi connectivity index (χ4v) is 3.81. The van der Waals surface area contributed by atoms with Crippen LogP contribution in [0.15, 0.2) is 46.0 Å². The van der Waals surface area contributed by atoms with Crippen LogP contribution in [0.4, 0.5) is 5.69 Å². The van der Waals surface area contributed by atoms with Gasteiger partial charge < -0.3 is 0 Å². The summed E-state index contributed by atoms with van der Waals surface area (Å²) >= 11 is 3.12. The molecule has 0 aliphatic carbocycles. The number of pyridine rings is 1. The zero-order valence-corrected chi connectivity index (χ0v) is 14.1. The summed E-state index contributed by atoms with van der Waals surface area (Å²) < 4.78 is 26.3. The summed E-state index contributed by atoms with van der Waals surface area (Å²) in [7, 11) is -3.95. The average molecular weight is 397 g/mol. The second-order valence-electron chi connectivity index (χ2n) is 4.77. The van der Waals surface area contributed by atoms with Crippen LogP contribution in [0.2, 0.25) is 0 Å². The lowest BCUT2D eigenvalue weighted by Crippen LogP contribution is -2.15. The molecule has 0 N–H and O–H groups in total. The van der Waals surface area contributed by atoms with Gasteiger partial charge in [-0.25, -0.2) is 4.98 Å². The Bertz CT molecular complexity index is 1030. The topological polar surface area (TPSA) is 108 Å². The molecule has 0 saturated heterocycles. The molecule has 0 amide bonds. The molecular weight excluding hydrogens is 388 g/mol. The van der Waals surface area contributed by atoms with E-state index in [-0.39, 0.29) is 26.2 Å². The van der Waals surface area contributed by atoms with Gasteiger partial charge in [-0.05, 0) is 35.0 Å². The van der Waals surface area contributed by atoms with E-state index in [9.17, 15) is 18.5 Å². The van der Waals surface area contributed by atoms with Crippen molar-refractivity contribution < 1.29 is 13.3 Å². The number of halogens is 1. The first kappa shape index (κ1) is 15.6. The molecule has 0 fully saturated rings. The Balaban J connectivity index is 2.24. The average Bonchev–Trinajstić information content (AvgIpc) is 2.85. The third-order valence-corrected chi connectivity index (χ3v) is 5.36. The molecule has 23 heavy (non-hydrogen) atoms. The number of nitro groups is 1. The molecule has 0 unspecified atom stereocenters. The van der Waals surface area contributed by atoms with Gasteiger partial charge >= 0.3 is 0 Å². The van der Waals surface area contributed by atoms with Crippen LogP contribution in [0.5, 0.6) is 0 Å². The Labute approximate surface area is 139 Å². The summed E-state index contributed by atoms with van der Waals surface area (Å²) in [6.07, 6.45) is 0.998. The van der Waals surface area contributed by atoms with Gasteiger partial charge in [0.25, 0.3) is 15.7 Å². The molecule has 1 aromatic carbocycles. The summed E-state index contributed by atoms with van der Waals surface area (Å²) in [5.41, 5.74) is 0.692. The van der Waals surface area contributed by atoms with Crippen LogP contribution in [0.1, 0.15) is 5.56 Å². The Morgan fingerprint density at radius 3 is 2.52 bits per heavy atom. The van der Waals surface area contributed by atoms with Crippen molar-refractivity contribution in [3.8, 4) is 0 Å². The van der Waals surface area contributed by atoms with E-state index in [1.165, 1.54) is 18.2 Å². The van der Waals surface area contributed by atoms with Crippen LogP contribution < -0.4 is 0 Å². The number of aryl methyl sites for hydroxylation is 1. The summed E-state index contributed by atoms with van der Waals surface area (Å²) in [4.78, 5) is 14.1.